The molecule has 0 heterocycles. The molecule has 0 aromatic heterocycles. The number of aromatic hydroxyl groups is 1. The Balaban J connectivity index is 2.29. The third kappa shape index (κ3) is 3.44. The van der Waals surface area contributed by atoms with Crippen molar-refractivity contribution in [2.45, 2.75) is 13.3 Å². The third-order valence-corrected chi connectivity index (χ3v) is 3.11. The summed E-state index contributed by atoms with van der Waals surface area (Å²) in [6.45, 7) is 2.27. The van der Waals surface area contributed by atoms with Gasteiger partial charge in [0.1, 0.15) is 5.75 Å². The molecule has 0 aliphatic heterocycles. The molecule has 114 valence electrons. The quantitative estimate of drug-likeness (QED) is 0.827. The molecule has 2 rings (SSSR count). The molecule has 0 unspecified atom stereocenters. The van der Waals surface area contributed by atoms with Crippen LogP contribution in [0.2, 0.25) is 0 Å². The first-order valence-corrected chi connectivity index (χ1v) is 6.86. The Morgan fingerprint density at radius 3 is 2.27 bits per heavy atom. The zero-order valence-electron chi connectivity index (χ0n) is 12.1. The van der Waals surface area contributed by atoms with E-state index < -0.39 is 11.9 Å². The lowest BCUT2D eigenvalue weighted by Gasteiger charge is -2.08. The Kier molecular flexibility index (Phi) is 4.78. The van der Waals surface area contributed by atoms with Crippen molar-refractivity contribution in [2.24, 2.45) is 0 Å². The molecule has 0 saturated heterocycles. The van der Waals surface area contributed by atoms with Gasteiger partial charge in [0.05, 0.1) is 17.7 Å². The summed E-state index contributed by atoms with van der Waals surface area (Å²) >= 11 is 0. The highest BCUT2D eigenvalue weighted by Gasteiger charge is 2.11. The van der Waals surface area contributed by atoms with Crippen molar-refractivity contribution in [1.82, 2.24) is 0 Å². The van der Waals surface area contributed by atoms with E-state index in [1.807, 2.05) is 6.92 Å². The number of phenols is 1. The van der Waals surface area contributed by atoms with Gasteiger partial charge < -0.3 is 14.9 Å². The molecule has 0 spiro atoms. The van der Waals surface area contributed by atoms with Crippen molar-refractivity contribution >= 4 is 11.9 Å². The molecule has 2 aromatic rings. The van der Waals surface area contributed by atoms with Crippen LogP contribution < -0.4 is 0 Å². The van der Waals surface area contributed by atoms with Gasteiger partial charge in [-0.15, -0.1) is 0 Å². The fraction of sp³-hybridized carbons (Fsp3) is 0.176. The van der Waals surface area contributed by atoms with Crippen LogP contribution in [0.5, 0.6) is 5.75 Å². The van der Waals surface area contributed by atoms with Gasteiger partial charge in [-0.3, -0.25) is 0 Å². The monoisotopic (exact) mass is 300 g/mol. The van der Waals surface area contributed by atoms with Crippen molar-refractivity contribution in [3.8, 4) is 16.9 Å². The van der Waals surface area contributed by atoms with Crippen molar-refractivity contribution in [3.05, 3.63) is 53.6 Å². The lowest BCUT2D eigenvalue weighted by molar-refractivity contribution is 0.0504. The molecule has 0 aliphatic rings. The van der Waals surface area contributed by atoms with E-state index >= 15 is 0 Å². The molecular weight excluding hydrogens is 284 g/mol. The fourth-order valence-corrected chi connectivity index (χ4v) is 1.96. The first-order valence-electron chi connectivity index (χ1n) is 6.86. The average Bonchev–Trinajstić information content (AvgIpc) is 2.53. The summed E-state index contributed by atoms with van der Waals surface area (Å²) in [6, 6.07) is 10.5. The van der Waals surface area contributed by atoms with Crippen LogP contribution in [0.3, 0.4) is 0 Å². The van der Waals surface area contributed by atoms with Gasteiger partial charge in [0.2, 0.25) is 0 Å². The van der Waals surface area contributed by atoms with Gasteiger partial charge in [-0.25, -0.2) is 9.59 Å². The molecule has 5 nitrogen and oxygen atoms in total. The Morgan fingerprint density at radius 1 is 1.05 bits per heavy atom. The van der Waals surface area contributed by atoms with E-state index in [0.717, 1.165) is 6.42 Å². The number of carboxylic acid groups (broad SMARTS) is 1. The highest BCUT2D eigenvalue weighted by atomic mass is 16.5. The second-order valence-electron chi connectivity index (χ2n) is 4.75. The number of rotatable bonds is 5. The minimum absolute atomic E-state index is 0.0219. The smallest absolute Gasteiger partial charge is 0.338 e. The molecule has 0 radical (unpaired) electrons. The maximum Gasteiger partial charge on any atom is 0.338 e. The molecule has 0 fully saturated rings. The highest BCUT2D eigenvalue weighted by molar-refractivity contribution is 5.92. The molecular formula is C17H16O5. The van der Waals surface area contributed by atoms with Crippen LogP contribution in [0.4, 0.5) is 0 Å². The number of carbonyl (C=O) groups excluding carboxylic acids is 1. The Bertz CT molecular complexity index is 689. The number of hydrogen-bond acceptors (Lipinski definition) is 4. The van der Waals surface area contributed by atoms with Crippen molar-refractivity contribution in [2.75, 3.05) is 6.61 Å². The number of carbonyl (C=O) groups is 2. The van der Waals surface area contributed by atoms with Crippen LogP contribution in [0.25, 0.3) is 11.1 Å². The largest absolute Gasteiger partial charge is 0.507 e. The van der Waals surface area contributed by atoms with Crippen LogP contribution in [-0.2, 0) is 4.74 Å². The van der Waals surface area contributed by atoms with E-state index in [1.165, 1.54) is 18.2 Å². The van der Waals surface area contributed by atoms with Gasteiger partial charge in [0.25, 0.3) is 0 Å². The predicted molar refractivity (Wildman–Crippen MR) is 81.1 cm³/mol. The molecule has 2 N–H and O–H groups in total. The van der Waals surface area contributed by atoms with E-state index in [-0.39, 0.29) is 11.3 Å². The highest BCUT2D eigenvalue weighted by Crippen LogP contribution is 2.30. The van der Waals surface area contributed by atoms with E-state index in [0.29, 0.717) is 23.3 Å². The molecule has 2 aromatic carbocycles. The Morgan fingerprint density at radius 2 is 1.68 bits per heavy atom. The van der Waals surface area contributed by atoms with Gasteiger partial charge >= 0.3 is 11.9 Å². The molecule has 0 saturated carbocycles. The van der Waals surface area contributed by atoms with Gasteiger partial charge in [-0.05, 0) is 42.3 Å². The zero-order chi connectivity index (χ0) is 16.1. The Labute approximate surface area is 127 Å². The zero-order valence-corrected chi connectivity index (χ0v) is 12.1. The topological polar surface area (TPSA) is 83.8 Å². The molecule has 5 heteroatoms. The second kappa shape index (κ2) is 6.76. The van der Waals surface area contributed by atoms with Crippen LogP contribution in [0.15, 0.2) is 42.5 Å². The van der Waals surface area contributed by atoms with Gasteiger partial charge in [-0.1, -0.05) is 19.1 Å². The average molecular weight is 300 g/mol. The molecule has 0 bridgehead atoms. The molecule has 22 heavy (non-hydrogen) atoms. The van der Waals surface area contributed by atoms with Gasteiger partial charge in [-0.2, -0.15) is 0 Å². The van der Waals surface area contributed by atoms with Gasteiger partial charge in [0, 0.05) is 5.56 Å². The summed E-state index contributed by atoms with van der Waals surface area (Å²) in [4.78, 5) is 22.7. The van der Waals surface area contributed by atoms with Crippen molar-refractivity contribution < 1.29 is 24.5 Å². The minimum Gasteiger partial charge on any atom is -0.507 e. The summed E-state index contributed by atoms with van der Waals surface area (Å²) in [5.74, 6) is -1.50. The number of aromatic carboxylic acids is 1. The summed E-state index contributed by atoms with van der Waals surface area (Å²) < 4.78 is 5.03. The van der Waals surface area contributed by atoms with Crippen LogP contribution in [-0.4, -0.2) is 28.8 Å². The third-order valence-electron chi connectivity index (χ3n) is 3.11. The molecule has 0 aliphatic carbocycles. The SMILES string of the molecule is CCCOC(=O)c1ccc(-c2cc(C(=O)O)ccc2O)cc1. The van der Waals surface area contributed by atoms with Crippen molar-refractivity contribution in [3.63, 3.8) is 0 Å². The molecule has 0 amide bonds. The number of phenolic OH excluding ortho intramolecular Hbond substituents is 1. The van der Waals surface area contributed by atoms with E-state index in [4.69, 9.17) is 9.84 Å². The van der Waals surface area contributed by atoms with E-state index in [1.54, 1.807) is 24.3 Å². The van der Waals surface area contributed by atoms with Crippen LogP contribution in [0, 0.1) is 0 Å². The fourth-order valence-electron chi connectivity index (χ4n) is 1.96. The first kappa shape index (κ1) is 15.6. The normalized spacial score (nSPS) is 10.2. The van der Waals surface area contributed by atoms with E-state index in [9.17, 15) is 14.7 Å². The van der Waals surface area contributed by atoms with Crippen LogP contribution >= 0.6 is 0 Å². The summed E-state index contributed by atoms with van der Waals surface area (Å²) in [7, 11) is 0. The number of carboxylic acids is 1. The number of ether oxygens (including phenoxy) is 1. The maximum atomic E-state index is 11.7. The van der Waals surface area contributed by atoms with Crippen molar-refractivity contribution in [1.29, 1.82) is 0 Å². The van der Waals surface area contributed by atoms with Crippen LogP contribution in [0.1, 0.15) is 34.1 Å². The predicted octanol–water partition coefficient (Wildman–Crippen LogP) is 3.32. The minimum atomic E-state index is -1.07. The number of benzene rings is 2. The first-order chi connectivity index (χ1) is 10.5. The Hall–Kier alpha value is -2.82. The lowest BCUT2D eigenvalue weighted by atomic mass is 10.0. The standard InChI is InChI=1S/C17H16O5/c1-2-9-22-17(21)12-5-3-11(4-6-12)14-10-13(16(19)20)7-8-15(14)18/h3-8,10,18H,2,9H2,1H3,(H,19,20). The lowest BCUT2D eigenvalue weighted by Crippen LogP contribution is -2.05. The van der Waals surface area contributed by atoms with Gasteiger partial charge in [0.15, 0.2) is 0 Å². The number of esters is 1. The summed E-state index contributed by atoms with van der Waals surface area (Å²) in [5.41, 5.74) is 1.51. The maximum absolute atomic E-state index is 11.7. The molecule has 0 atom stereocenters. The van der Waals surface area contributed by atoms with E-state index in [2.05, 4.69) is 0 Å². The summed E-state index contributed by atoms with van der Waals surface area (Å²) in [5, 5.41) is 18.9. The summed E-state index contributed by atoms with van der Waals surface area (Å²) in [6.07, 6.45) is 0.750. The number of hydrogen-bond donors (Lipinski definition) is 2. The second-order valence-corrected chi connectivity index (χ2v) is 4.75.